The highest BCUT2D eigenvalue weighted by atomic mass is 32.2. The number of sulfonamides is 1. The minimum absolute atomic E-state index is 0.0730. The van der Waals surface area contributed by atoms with Crippen LogP contribution >= 0.6 is 0 Å². The van der Waals surface area contributed by atoms with Crippen LogP contribution in [-0.4, -0.2) is 46.9 Å². The van der Waals surface area contributed by atoms with Gasteiger partial charge in [-0.3, -0.25) is 0 Å². The molecule has 8 heteroatoms. The van der Waals surface area contributed by atoms with Gasteiger partial charge >= 0.3 is 0 Å². The van der Waals surface area contributed by atoms with E-state index in [1.165, 1.54) is 16.8 Å². The molecule has 0 fully saturated rings. The number of hydrogen-bond acceptors (Lipinski definition) is 5. The van der Waals surface area contributed by atoms with Crippen LogP contribution in [0, 0.1) is 6.92 Å². The molecule has 0 bridgehead atoms. The van der Waals surface area contributed by atoms with Crippen LogP contribution in [0.4, 0.5) is 5.82 Å². The molecule has 0 atom stereocenters. The van der Waals surface area contributed by atoms with Crippen LogP contribution in [0.25, 0.3) is 0 Å². The minimum atomic E-state index is -3.63. The van der Waals surface area contributed by atoms with Gasteiger partial charge in [-0.05, 0) is 13.0 Å². The summed E-state index contributed by atoms with van der Waals surface area (Å²) in [5.74, 6) is 0.827. The largest absolute Gasteiger partial charge is 0.351 e. The molecule has 3 heterocycles. The first kappa shape index (κ1) is 16.7. The highest BCUT2D eigenvalue weighted by molar-refractivity contribution is 7.89. The first-order chi connectivity index (χ1) is 11.4. The lowest BCUT2D eigenvalue weighted by atomic mass is 10.2. The molecule has 2 aromatic heterocycles. The van der Waals surface area contributed by atoms with Gasteiger partial charge in [-0.25, -0.2) is 18.4 Å². The van der Waals surface area contributed by atoms with Gasteiger partial charge in [0.15, 0.2) is 5.03 Å². The van der Waals surface area contributed by atoms with Crippen LogP contribution < -0.4 is 4.90 Å². The van der Waals surface area contributed by atoms with Crippen LogP contribution in [0.15, 0.2) is 42.3 Å². The smallest absolute Gasteiger partial charge is 0.262 e. The molecule has 7 nitrogen and oxygen atoms in total. The van der Waals surface area contributed by atoms with Crippen molar-refractivity contribution in [3.05, 3.63) is 48.6 Å². The number of anilines is 1. The van der Waals surface area contributed by atoms with Crippen molar-refractivity contribution in [2.45, 2.75) is 18.5 Å². The maximum Gasteiger partial charge on any atom is 0.262 e. The molecule has 3 rings (SSSR count). The second kappa shape index (κ2) is 6.37. The predicted molar refractivity (Wildman–Crippen MR) is 92.2 cm³/mol. The zero-order valence-electron chi connectivity index (χ0n) is 13.9. The average molecular weight is 347 g/mol. The zero-order chi connectivity index (χ0) is 17.3. The Morgan fingerprint density at radius 2 is 2.12 bits per heavy atom. The number of nitrogens with zero attached hydrogens (tertiary/aromatic N) is 5. The van der Waals surface area contributed by atoms with E-state index in [4.69, 9.17) is 0 Å². The van der Waals surface area contributed by atoms with Crippen molar-refractivity contribution in [2.24, 2.45) is 7.05 Å². The molecule has 0 radical (unpaired) electrons. The Balaban J connectivity index is 1.99. The topological polar surface area (TPSA) is 71.3 Å². The lowest BCUT2D eigenvalue weighted by molar-refractivity contribution is 0.417. The number of pyridine rings is 1. The van der Waals surface area contributed by atoms with E-state index in [1.54, 1.807) is 17.7 Å². The molecular weight excluding hydrogens is 326 g/mol. The number of hydrogen-bond donors (Lipinski definition) is 0. The third-order valence-electron chi connectivity index (χ3n) is 4.00. The van der Waals surface area contributed by atoms with E-state index in [9.17, 15) is 8.42 Å². The van der Waals surface area contributed by atoms with Crippen LogP contribution in [-0.2, 0) is 23.6 Å². The van der Waals surface area contributed by atoms with Gasteiger partial charge in [0.1, 0.15) is 5.82 Å². The summed E-state index contributed by atoms with van der Waals surface area (Å²) in [5, 5.41) is 0.0730. The van der Waals surface area contributed by atoms with Crippen molar-refractivity contribution in [1.29, 1.82) is 0 Å². The van der Waals surface area contributed by atoms with Gasteiger partial charge < -0.3 is 9.47 Å². The first-order valence-corrected chi connectivity index (χ1v) is 9.16. The quantitative estimate of drug-likeness (QED) is 0.780. The fourth-order valence-electron chi connectivity index (χ4n) is 2.77. The van der Waals surface area contributed by atoms with E-state index in [-0.39, 0.29) is 11.6 Å². The highest BCUT2D eigenvalue weighted by Crippen LogP contribution is 2.26. The number of fused-ring (bicyclic) bond motifs is 1. The Morgan fingerprint density at radius 1 is 1.33 bits per heavy atom. The Kier molecular flexibility index (Phi) is 4.42. The predicted octanol–water partition coefficient (Wildman–Crippen LogP) is 1.32. The molecule has 0 aromatic carbocycles. The Bertz CT molecular complexity index is 859. The van der Waals surface area contributed by atoms with Crippen molar-refractivity contribution >= 4 is 15.8 Å². The minimum Gasteiger partial charge on any atom is -0.351 e. The van der Waals surface area contributed by atoms with Crippen molar-refractivity contribution in [1.82, 2.24) is 18.8 Å². The molecule has 128 valence electrons. The van der Waals surface area contributed by atoms with E-state index < -0.39 is 10.0 Å². The van der Waals surface area contributed by atoms with E-state index in [0.29, 0.717) is 19.6 Å². The van der Waals surface area contributed by atoms with E-state index >= 15 is 0 Å². The standard InChI is InChI=1S/C16H21N5O2S/c1-4-7-20-8-9-21(10-14-6-5-13(2)18-16(14)20)24(22,23)15-11-19(3)12-17-15/h4-6,11-12H,1,7-10H2,2-3H3. The van der Waals surface area contributed by atoms with Crippen LogP contribution in [0.2, 0.25) is 0 Å². The van der Waals surface area contributed by atoms with Gasteiger partial charge in [0.05, 0.1) is 6.33 Å². The molecule has 0 unspecified atom stereocenters. The maximum absolute atomic E-state index is 12.9. The van der Waals surface area contributed by atoms with Crippen molar-refractivity contribution in [2.75, 3.05) is 24.5 Å². The fourth-order valence-corrected chi connectivity index (χ4v) is 4.14. The SMILES string of the molecule is C=CCN1CCN(S(=O)(=O)c2cn(C)cn2)Cc2ccc(C)nc21. The summed E-state index contributed by atoms with van der Waals surface area (Å²) in [6.45, 7) is 7.56. The summed E-state index contributed by atoms with van der Waals surface area (Å²) in [4.78, 5) is 10.7. The van der Waals surface area contributed by atoms with Crippen LogP contribution in [0.1, 0.15) is 11.3 Å². The molecule has 0 N–H and O–H groups in total. The van der Waals surface area contributed by atoms with E-state index in [1.807, 2.05) is 19.1 Å². The van der Waals surface area contributed by atoms with Gasteiger partial charge in [0, 0.05) is 50.7 Å². The second-order valence-electron chi connectivity index (χ2n) is 5.89. The van der Waals surface area contributed by atoms with Crippen molar-refractivity contribution in [3.63, 3.8) is 0 Å². The second-order valence-corrected chi connectivity index (χ2v) is 7.77. The summed E-state index contributed by atoms with van der Waals surface area (Å²) in [5.41, 5.74) is 1.79. The normalized spacial score (nSPS) is 15.8. The summed E-state index contributed by atoms with van der Waals surface area (Å²) in [6, 6.07) is 3.85. The summed E-state index contributed by atoms with van der Waals surface area (Å²) >= 11 is 0. The van der Waals surface area contributed by atoms with E-state index in [2.05, 4.69) is 21.4 Å². The molecule has 0 saturated heterocycles. The number of rotatable bonds is 4. The maximum atomic E-state index is 12.9. The Labute approximate surface area is 142 Å². The lowest BCUT2D eigenvalue weighted by Crippen LogP contribution is -2.35. The third-order valence-corrected chi connectivity index (χ3v) is 5.73. The Hall–Kier alpha value is -2.19. The number of imidazole rings is 1. The molecule has 0 spiro atoms. The number of aromatic nitrogens is 3. The Morgan fingerprint density at radius 3 is 2.79 bits per heavy atom. The molecule has 0 aliphatic carbocycles. The monoisotopic (exact) mass is 347 g/mol. The van der Waals surface area contributed by atoms with Gasteiger partial charge in [0.2, 0.25) is 0 Å². The van der Waals surface area contributed by atoms with Gasteiger partial charge in [0.25, 0.3) is 10.0 Å². The first-order valence-electron chi connectivity index (χ1n) is 7.72. The highest BCUT2D eigenvalue weighted by Gasteiger charge is 2.31. The molecule has 2 aromatic rings. The van der Waals surface area contributed by atoms with Gasteiger partial charge in [-0.2, -0.15) is 4.31 Å². The third kappa shape index (κ3) is 3.07. The molecule has 24 heavy (non-hydrogen) atoms. The van der Waals surface area contributed by atoms with Gasteiger partial charge in [-0.1, -0.05) is 12.1 Å². The molecule has 0 saturated carbocycles. The van der Waals surface area contributed by atoms with Crippen molar-refractivity contribution < 1.29 is 8.42 Å². The van der Waals surface area contributed by atoms with Crippen LogP contribution in [0.5, 0.6) is 0 Å². The molecule has 1 aliphatic rings. The van der Waals surface area contributed by atoms with Crippen molar-refractivity contribution in [3.8, 4) is 0 Å². The van der Waals surface area contributed by atoms with E-state index in [0.717, 1.165) is 17.1 Å². The number of aryl methyl sites for hydroxylation is 2. The summed E-state index contributed by atoms with van der Waals surface area (Å²) in [7, 11) is -1.88. The van der Waals surface area contributed by atoms with Gasteiger partial charge in [-0.15, -0.1) is 6.58 Å². The lowest BCUT2D eigenvalue weighted by Gasteiger charge is -2.22. The molecular formula is C16H21N5O2S. The summed E-state index contributed by atoms with van der Waals surface area (Å²) in [6.07, 6.45) is 4.82. The molecule has 1 aliphatic heterocycles. The van der Waals surface area contributed by atoms with Crippen LogP contribution in [0.3, 0.4) is 0 Å². The fraction of sp³-hybridized carbons (Fsp3) is 0.375. The summed E-state index contributed by atoms with van der Waals surface area (Å²) < 4.78 is 28.9. The molecule has 0 amide bonds. The average Bonchev–Trinajstić information content (AvgIpc) is 2.90. The zero-order valence-corrected chi connectivity index (χ0v) is 14.7.